The van der Waals surface area contributed by atoms with Crippen LogP contribution in [-0.2, 0) is 9.47 Å². The predicted octanol–water partition coefficient (Wildman–Crippen LogP) is 1.95. The molecular formula is C20H39N3O2. The van der Waals surface area contributed by atoms with E-state index in [1.165, 1.54) is 25.9 Å². The molecule has 0 bridgehead atoms. The Hall–Kier alpha value is -0.200. The Kier molecular flexibility index (Phi) is 6.43. The average molecular weight is 354 g/mol. The van der Waals surface area contributed by atoms with E-state index in [4.69, 9.17) is 15.2 Å². The van der Waals surface area contributed by atoms with Crippen LogP contribution in [0.15, 0.2) is 0 Å². The molecule has 3 fully saturated rings. The second kappa shape index (κ2) is 8.22. The number of nitrogens with two attached hydrogens (primary N) is 1. The summed E-state index contributed by atoms with van der Waals surface area (Å²) in [6.45, 7) is 16.3. The standard InChI is InChI=1S/C20H39N3O2/c1-15(2)22-7-8-25-19(12-22)10-17(4)23-6-5-18(11-23)9-16(3)20(21)13-24-14-20/h15-19H,5-14,21H2,1-4H3. The van der Waals surface area contributed by atoms with Gasteiger partial charge in [0.15, 0.2) is 0 Å². The van der Waals surface area contributed by atoms with Crippen molar-refractivity contribution in [1.82, 2.24) is 9.80 Å². The zero-order valence-electron chi connectivity index (χ0n) is 16.7. The lowest BCUT2D eigenvalue weighted by Gasteiger charge is -2.43. The van der Waals surface area contributed by atoms with Gasteiger partial charge in [-0.05, 0) is 58.4 Å². The summed E-state index contributed by atoms with van der Waals surface area (Å²) in [6.07, 6.45) is 4.10. The van der Waals surface area contributed by atoms with Gasteiger partial charge in [0.1, 0.15) is 0 Å². The number of hydrogen-bond acceptors (Lipinski definition) is 5. The number of nitrogens with zero attached hydrogens (tertiary/aromatic N) is 2. The summed E-state index contributed by atoms with van der Waals surface area (Å²) < 4.78 is 11.4. The molecule has 2 N–H and O–H groups in total. The van der Waals surface area contributed by atoms with E-state index in [1.54, 1.807) is 0 Å². The highest BCUT2D eigenvalue weighted by Gasteiger charge is 2.41. The van der Waals surface area contributed by atoms with Crippen molar-refractivity contribution < 1.29 is 9.47 Å². The highest BCUT2D eigenvalue weighted by Crippen LogP contribution is 2.33. The predicted molar refractivity (Wildman–Crippen MR) is 102 cm³/mol. The van der Waals surface area contributed by atoms with Crippen molar-refractivity contribution in [3.05, 3.63) is 0 Å². The van der Waals surface area contributed by atoms with Crippen LogP contribution >= 0.6 is 0 Å². The van der Waals surface area contributed by atoms with Crippen LogP contribution in [0.3, 0.4) is 0 Å². The minimum atomic E-state index is -0.0602. The quantitative estimate of drug-likeness (QED) is 0.758. The van der Waals surface area contributed by atoms with Gasteiger partial charge < -0.3 is 20.1 Å². The van der Waals surface area contributed by atoms with Gasteiger partial charge in [-0.15, -0.1) is 0 Å². The molecule has 0 radical (unpaired) electrons. The van der Waals surface area contributed by atoms with E-state index in [2.05, 4.69) is 37.5 Å². The number of morpholine rings is 1. The zero-order chi connectivity index (χ0) is 18.0. The summed E-state index contributed by atoms with van der Waals surface area (Å²) in [5.74, 6) is 1.35. The second-order valence-corrected chi connectivity index (χ2v) is 9.18. The average Bonchev–Trinajstić information content (AvgIpc) is 3.01. The Balaban J connectivity index is 1.42. The third-order valence-electron chi connectivity index (χ3n) is 6.86. The Morgan fingerprint density at radius 3 is 2.44 bits per heavy atom. The van der Waals surface area contributed by atoms with Gasteiger partial charge in [-0.3, -0.25) is 4.90 Å². The maximum atomic E-state index is 6.42. The van der Waals surface area contributed by atoms with E-state index in [0.29, 0.717) is 24.1 Å². The topological polar surface area (TPSA) is 51.0 Å². The fourth-order valence-electron chi connectivity index (χ4n) is 4.70. The number of likely N-dealkylation sites (tertiary alicyclic amines) is 1. The first-order valence-corrected chi connectivity index (χ1v) is 10.3. The number of hydrogen-bond donors (Lipinski definition) is 1. The van der Waals surface area contributed by atoms with Crippen LogP contribution in [0.25, 0.3) is 0 Å². The van der Waals surface area contributed by atoms with Crippen LogP contribution in [-0.4, -0.2) is 79.5 Å². The van der Waals surface area contributed by atoms with Crippen LogP contribution in [0, 0.1) is 11.8 Å². The molecule has 146 valence electrons. The summed E-state index contributed by atoms with van der Waals surface area (Å²) in [4.78, 5) is 5.23. The molecule has 3 aliphatic rings. The van der Waals surface area contributed by atoms with Crippen LogP contribution < -0.4 is 5.73 Å². The zero-order valence-corrected chi connectivity index (χ0v) is 16.7. The lowest BCUT2D eigenvalue weighted by Crippen LogP contribution is -2.62. The van der Waals surface area contributed by atoms with Gasteiger partial charge in [0.25, 0.3) is 0 Å². The fraction of sp³-hybridized carbons (Fsp3) is 1.00. The molecule has 4 atom stereocenters. The Bertz CT molecular complexity index is 427. The van der Waals surface area contributed by atoms with Crippen LogP contribution in [0.2, 0.25) is 0 Å². The van der Waals surface area contributed by atoms with E-state index in [0.717, 1.165) is 45.2 Å². The van der Waals surface area contributed by atoms with E-state index in [-0.39, 0.29) is 5.54 Å². The molecule has 3 rings (SSSR count). The van der Waals surface area contributed by atoms with Crippen molar-refractivity contribution in [2.24, 2.45) is 17.6 Å². The van der Waals surface area contributed by atoms with Crippen LogP contribution in [0.4, 0.5) is 0 Å². The molecule has 3 aliphatic heterocycles. The minimum absolute atomic E-state index is 0.0602. The third-order valence-corrected chi connectivity index (χ3v) is 6.86. The van der Waals surface area contributed by atoms with E-state index in [9.17, 15) is 0 Å². The van der Waals surface area contributed by atoms with Crippen LogP contribution in [0.5, 0.6) is 0 Å². The van der Waals surface area contributed by atoms with Crippen molar-refractivity contribution >= 4 is 0 Å². The SMILES string of the molecule is CC(C)N1CCOC(CC(C)N2CCC(CC(C)C3(N)COC3)C2)C1. The lowest BCUT2D eigenvalue weighted by atomic mass is 9.78. The van der Waals surface area contributed by atoms with Gasteiger partial charge in [0, 0.05) is 31.7 Å². The lowest BCUT2D eigenvalue weighted by molar-refractivity contribution is -0.0833. The molecule has 4 unspecified atom stereocenters. The van der Waals surface area contributed by atoms with Crippen molar-refractivity contribution in [2.75, 3.05) is 46.0 Å². The van der Waals surface area contributed by atoms with Crippen molar-refractivity contribution in [3.63, 3.8) is 0 Å². The molecule has 0 aromatic carbocycles. The van der Waals surface area contributed by atoms with E-state index in [1.807, 2.05) is 0 Å². The van der Waals surface area contributed by atoms with Crippen LogP contribution in [0.1, 0.15) is 47.0 Å². The number of rotatable bonds is 7. The first-order valence-electron chi connectivity index (χ1n) is 10.3. The van der Waals surface area contributed by atoms with Gasteiger partial charge >= 0.3 is 0 Å². The molecular weight excluding hydrogens is 314 g/mol. The monoisotopic (exact) mass is 353 g/mol. The summed E-state index contributed by atoms with van der Waals surface area (Å²) in [5, 5.41) is 0. The Morgan fingerprint density at radius 2 is 1.80 bits per heavy atom. The maximum Gasteiger partial charge on any atom is 0.0717 e. The van der Waals surface area contributed by atoms with Gasteiger partial charge in [0.2, 0.25) is 0 Å². The highest BCUT2D eigenvalue weighted by atomic mass is 16.5. The molecule has 5 nitrogen and oxygen atoms in total. The summed E-state index contributed by atoms with van der Waals surface area (Å²) in [7, 11) is 0. The molecule has 25 heavy (non-hydrogen) atoms. The van der Waals surface area contributed by atoms with Crippen molar-refractivity contribution in [2.45, 2.75) is 70.7 Å². The van der Waals surface area contributed by atoms with E-state index >= 15 is 0 Å². The second-order valence-electron chi connectivity index (χ2n) is 9.18. The first-order chi connectivity index (χ1) is 11.9. The molecule has 0 spiro atoms. The van der Waals surface area contributed by atoms with Crippen molar-refractivity contribution in [1.29, 1.82) is 0 Å². The summed E-state index contributed by atoms with van der Waals surface area (Å²) >= 11 is 0. The normalized spacial score (nSPS) is 33.4. The summed E-state index contributed by atoms with van der Waals surface area (Å²) in [6, 6.07) is 1.23. The third kappa shape index (κ3) is 4.75. The summed E-state index contributed by atoms with van der Waals surface area (Å²) in [5.41, 5.74) is 6.36. The van der Waals surface area contributed by atoms with Gasteiger partial charge in [-0.2, -0.15) is 0 Å². The highest BCUT2D eigenvalue weighted by molar-refractivity contribution is 4.96. The van der Waals surface area contributed by atoms with Gasteiger partial charge in [-0.25, -0.2) is 0 Å². The smallest absolute Gasteiger partial charge is 0.0717 e. The molecule has 0 saturated carbocycles. The molecule has 3 saturated heterocycles. The van der Waals surface area contributed by atoms with E-state index < -0.39 is 0 Å². The van der Waals surface area contributed by atoms with Gasteiger partial charge in [-0.1, -0.05) is 6.92 Å². The first kappa shape index (κ1) is 19.6. The van der Waals surface area contributed by atoms with Gasteiger partial charge in [0.05, 0.1) is 31.5 Å². The minimum Gasteiger partial charge on any atom is -0.377 e. The molecule has 0 aromatic heterocycles. The Labute approximate surface area is 154 Å². The maximum absolute atomic E-state index is 6.42. The number of ether oxygens (including phenoxy) is 2. The molecule has 5 heteroatoms. The fourth-order valence-corrected chi connectivity index (χ4v) is 4.70. The largest absolute Gasteiger partial charge is 0.377 e. The van der Waals surface area contributed by atoms with Crippen molar-refractivity contribution in [3.8, 4) is 0 Å². The molecule has 3 heterocycles. The Morgan fingerprint density at radius 1 is 1.04 bits per heavy atom. The molecule has 0 aromatic rings. The molecule has 0 amide bonds. The molecule has 0 aliphatic carbocycles.